The number of rotatable bonds is 14. The van der Waals surface area contributed by atoms with Crippen molar-refractivity contribution in [1.82, 2.24) is 9.29 Å². The molecule has 1 amide bonds. The van der Waals surface area contributed by atoms with E-state index in [4.69, 9.17) is 21.1 Å². The molecule has 240 valence electrons. The van der Waals surface area contributed by atoms with Crippen LogP contribution in [0.4, 0.5) is 10.1 Å². The van der Waals surface area contributed by atoms with Gasteiger partial charge in [-0.05, 0) is 80.0 Å². The summed E-state index contributed by atoms with van der Waals surface area (Å²) in [6.45, 7) is 6.90. The third kappa shape index (κ3) is 8.50. The number of pyridine rings is 1. The Morgan fingerprint density at radius 3 is 2.64 bits per heavy atom. The van der Waals surface area contributed by atoms with Gasteiger partial charge in [-0.1, -0.05) is 35.4 Å². The zero-order valence-corrected chi connectivity index (χ0v) is 26.7. The van der Waals surface area contributed by atoms with Crippen LogP contribution in [0.3, 0.4) is 0 Å². The molecule has 3 heterocycles. The predicted octanol–water partition coefficient (Wildman–Crippen LogP) is 6.15. The number of nitrogens with one attached hydrogen (secondary N) is 1. The van der Waals surface area contributed by atoms with Crippen molar-refractivity contribution < 1.29 is 27.1 Å². The lowest BCUT2D eigenvalue weighted by molar-refractivity contribution is -0.118. The molecule has 2 aliphatic heterocycles. The van der Waals surface area contributed by atoms with Gasteiger partial charge in [-0.2, -0.15) is 4.31 Å². The number of methoxy groups -OCH3 is 1. The van der Waals surface area contributed by atoms with E-state index in [0.717, 1.165) is 6.20 Å². The van der Waals surface area contributed by atoms with Gasteiger partial charge in [0.25, 0.3) is 0 Å². The molecule has 45 heavy (non-hydrogen) atoms. The summed E-state index contributed by atoms with van der Waals surface area (Å²) < 4.78 is 53.2. The van der Waals surface area contributed by atoms with Crippen molar-refractivity contribution in [3.63, 3.8) is 0 Å². The summed E-state index contributed by atoms with van der Waals surface area (Å²) >= 11 is 6.06. The van der Waals surface area contributed by atoms with E-state index in [-0.39, 0.29) is 34.5 Å². The van der Waals surface area contributed by atoms with E-state index in [0.29, 0.717) is 55.4 Å². The maximum Gasteiger partial charge on any atom is 0.243 e. The van der Waals surface area contributed by atoms with Gasteiger partial charge >= 0.3 is 0 Å². The van der Waals surface area contributed by atoms with Crippen molar-refractivity contribution >= 4 is 33.2 Å². The second-order valence-electron chi connectivity index (χ2n) is 10.8. The number of anilines is 1. The highest BCUT2D eigenvalue weighted by Gasteiger charge is 2.44. The molecule has 0 bridgehead atoms. The third-order valence-corrected chi connectivity index (χ3v) is 10.1. The molecule has 1 N–H and O–H groups in total. The molecule has 0 radical (unpaired) electrons. The average Bonchev–Trinajstić information content (AvgIpc) is 3.83. The van der Waals surface area contributed by atoms with Crippen molar-refractivity contribution in [1.29, 1.82) is 0 Å². The Morgan fingerprint density at radius 2 is 2.02 bits per heavy atom. The van der Waals surface area contributed by atoms with Gasteiger partial charge in [-0.3, -0.25) is 9.78 Å². The van der Waals surface area contributed by atoms with Gasteiger partial charge in [0, 0.05) is 47.2 Å². The lowest BCUT2D eigenvalue weighted by Crippen LogP contribution is -2.39. The number of halogens is 2. The maximum atomic E-state index is 15.1. The third-order valence-electron chi connectivity index (χ3n) is 8.01. The van der Waals surface area contributed by atoms with Crippen LogP contribution in [0.25, 0.3) is 10.4 Å². The normalized spacial score (nSPS) is 20.4. The number of carbonyl (C=O) groups excluding carboxylic acids is 1. The van der Waals surface area contributed by atoms with E-state index in [9.17, 15) is 18.7 Å². The highest BCUT2D eigenvalue weighted by Crippen LogP contribution is 2.36. The van der Waals surface area contributed by atoms with Crippen LogP contribution < -0.4 is 10.1 Å². The molecule has 2 aliphatic rings. The van der Waals surface area contributed by atoms with Crippen LogP contribution in [-0.4, -0.2) is 62.6 Å². The number of amides is 1. The number of carbonyl (C=O) groups is 1. The highest BCUT2D eigenvalue weighted by molar-refractivity contribution is 7.89. The summed E-state index contributed by atoms with van der Waals surface area (Å²) in [5.74, 6) is -1.35. The number of hydrogen-bond acceptors (Lipinski definition) is 7. The lowest BCUT2D eigenvalue weighted by atomic mass is 9.76. The van der Waals surface area contributed by atoms with Gasteiger partial charge in [-0.25, -0.2) is 12.8 Å². The Kier molecular flexibility index (Phi) is 11.8. The van der Waals surface area contributed by atoms with Crippen molar-refractivity contribution in [3.8, 4) is 5.75 Å². The molecule has 11 nitrogen and oxygen atoms in total. The Hall–Kier alpha value is -3.74. The first-order valence-corrected chi connectivity index (χ1v) is 16.3. The van der Waals surface area contributed by atoms with E-state index in [2.05, 4.69) is 26.9 Å². The number of azide groups is 1. The summed E-state index contributed by atoms with van der Waals surface area (Å²) in [4.78, 5) is 20.8. The van der Waals surface area contributed by atoms with Gasteiger partial charge in [0.15, 0.2) is 0 Å². The van der Waals surface area contributed by atoms with Crippen LogP contribution in [0.15, 0.2) is 82.1 Å². The van der Waals surface area contributed by atoms with Crippen molar-refractivity contribution in [3.05, 3.63) is 93.9 Å². The van der Waals surface area contributed by atoms with E-state index < -0.39 is 33.7 Å². The zero-order chi connectivity index (χ0) is 32.6. The van der Waals surface area contributed by atoms with Gasteiger partial charge < -0.3 is 14.8 Å². The number of nitrogens with zero attached hydrogens (tertiary/aromatic N) is 5. The first kappa shape index (κ1) is 34.1. The van der Waals surface area contributed by atoms with Gasteiger partial charge in [0.05, 0.1) is 30.1 Å². The van der Waals surface area contributed by atoms with Crippen LogP contribution in [0, 0.1) is 17.7 Å². The van der Waals surface area contributed by atoms with E-state index in [1.165, 1.54) is 29.7 Å². The Bertz CT molecular complexity index is 1600. The monoisotopic (exact) mass is 658 g/mol. The molecule has 2 fully saturated rings. The van der Waals surface area contributed by atoms with E-state index in [1.54, 1.807) is 37.3 Å². The zero-order valence-electron chi connectivity index (χ0n) is 25.1. The molecule has 14 heteroatoms. The molecule has 2 unspecified atom stereocenters. The molecule has 0 aliphatic carbocycles. The lowest BCUT2D eigenvalue weighted by Gasteiger charge is -2.34. The molecule has 0 saturated carbocycles. The number of sulfonamides is 1. The fourth-order valence-electron chi connectivity index (χ4n) is 5.57. The highest BCUT2D eigenvalue weighted by atomic mass is 35.5. The summed E-state index contributed by atoms with van der Waals surface area (Å²) in [5.41, 5.74) is 10.4. The SMILES string of the molecule is C=C/C(=C\C=C(/C)Cl)[C@@H](C1CCOCC1)C(N=[N+]=[N-])C(=O)Nc1cncc(F)c1CC[C@H]1CN1S(=O)(=O)c1ccc(OC)cc1. The van der Waals surface area contributed by atoms with Crippen LogP contribution in [0.2, 0.25) is 0 Å². The number of hydrogen-bond donors (Lipinski definition) is 1. The standard InChI is InChI=1S/C31H36ClFN6O5S/c1-4-21(6-5-20(2)32)29(22-13-15-44-16-14-22)30(37-38-34)31(40)36-28-18-35-17-27(33)26(28)12-7-23-19-39(23)45(41,42)25-10-8-24(43-3)9-11-25/h4-6,8-11,17-18,22-23,29-30H,1,7,12-16,19H2,2-3H3,(H,36,40)/b20-5+,21-6+/t23-,29-,30?,39?/m0/s1. The molecule has 1 aromatic carbocycles. The minimum absolute atomic E-state index is 0.0631. The van der Waals surface area contributed by atoms with Crippen LogP contribution in [0.5, 0.6) is 5.75 Å². The fraction of sp³-hybridized carbons (Fsp3) is 0.419. The summed E-state index contributed by atoms with van der Waals surface area (Å²) in [6, 6.07) is 4.58. The van der Waals surface area contributed by atoms with Gasteiger partial charge in [-0.15, -0.1) is 0 Å². The molecule has 2 saturated heterocycles. The van der Waals surface area contributed by atoms with Crippen LogP contribution >= 0.6 is 11.6 Å². The summed E-state index contributed by atoms with van der Waals surface area (Å²) in [6.07, 6.45) is 9.13. The second-order valence-corrected chi connectivity index (χ2v) is 13.3. The number of allylic oxidation sites excluding steroid dienone is 4. The summed E-state index contributed by atoms with van der Waals surface area (Å²) in [5, 5.41) is 7.15. The molecule has 2 aromatic rings. The predicted molar refractivity (Wildman–Crippen MR) is 170 cm³/mol. The molecule has 4 rings (SSSR count). The van der Waals surface area contributed by atoms with Crippen molar-refractivity contribution in [2.24, 2.45) is 17.0 Å². The smallest absolute Gasteiger partial charge is 0.243 e. The van der Waals surface area contributed by atoms with Crippen LogP contribution in [0.1, 0.15) is 31.7 Å². The van der Waals surface area contributed by atoms with Crippen molar-refractivity contribution in [2.45, 2.75) is 49.6 Å². The molecular formula is C31H36ClFN6O5S. The van der Waals surface area contributed by atoms with Crippen LogP contribution in [-0.2, 0) is 26.0 Å². The van der Waals surface area contributed by atoms with Gasteiger partial charge in [0.2, 0.25) is 15.9 Å². The molecule has 0 spiro atoms. The topological polar surface area (TPSA) is 146 Å². The first-order chi connectivity index (χ1) is 21.6. The molecular weight excluding hydrogens is 623 g/mol. The number of aromatic nitrogens is 1. The Morgan fingerprint density at radius 1 is 1.31 bits per heavy atom. The number of benzene rings is 1. The summed E-state index contributed by atoms with van der Waals surface area (Å²) in [7, 11) is -2.22. The Labute approximate surface area is 267 Å². The van der Waals surface area contributed by atoms with E-state index >= 15 is 4.39 Å². The van der Waals surface area contributed by atoms with Gasteiger partial charge in [0.1, 0.15) is 17.6 Å². The molecule has 1 aromatic heterocycles. The van der Waals surface area contributed by atoms with E-state index in [1.807, 2.05) is 0 Å². The van der Waals surface area contributed by atoms with Crippen molar-refractivity contribution in [2.75, 3.05) is 32.2 Å². The minimum Gasteiger partial charge on any atom is -0.497 e. The second kappa shape index (κ2) is 15.5. The number of ether oxygens (including phenoxy) is 2. The first-order valence-electron chi connectivity index (χ1n) is 14.5. The minimum atomic E-state index is -3.72. The molecule has 4 atom stereocenters. The average molecular weight is 659 g/mol. The fourth-order valence-corrected chi connectivity index (χ4v) is 7.25. The largest absolute Gasteiger partial charge is 0.497 e. The Balaban J connectivity index is 1.53. The quantitative estimate of drug-likeness (QED) is 0.0847. The maximum absolute atomic E-state index is 15.1.